The summed E-state index contributed by atoms with van der Waals surface area (Å²) >= 11 is 0. The lowest BCUT2D eigenvalue weighted by Crippen LogP contribution is -2.44. The number of hydrogen-bond acceptors (Lipinski definition) is 4. The summed E-state index contributed by atoms with van der Waals surface area (Å²) in [6.07, 6.45) is 9.97. The van der Waals surface area contributed by atoms with Gasteiger partial charge >= 0.3 is 0 Å². The zero-order valence-electron chi connectivity index (χ0n) is 19.1. The van der Waals surface area contributed by atoms with Gasteiger partial charge in [-0.2, -0.15) is 0 Å². The van der Waals surface area contributed by atoms with Crippen LogP contribution < -0.4 is 15.2 Å². The molecule has 1 aromatic rings. The fraction of sp³-hybridized carbons (Fsp3) is 0.760. The molecular formula is C25H43NO3. The minimum atomic E-state index is -0.479. The first-order valence-electron chi connectivity index (χ1n) is 11.5. The second kappa shape index (κ2) is 11.8. The van der Waals surface area contributed by atoms with Gasteiger partial charge in [-0.1, -0.05) is 58.9 Å². The first-order chi connectivity index (χ1) is 13.8. The molecule has 1 aromatic carbocycles. The Bertz CT molecular complexity index is 600. The molecule has 1 unspecified atom stereocenters. The maximum atomic E-state index is 9.76. The number of rotatable bonds is 15. The van der Waals surface area contributed by atoms with Crippen molar-refractivity contribution in [3.8, 4) is 11.5 Å². The van der Waals surface area contributed by atoms with Gasteiger partial charge in [0.1, 0.15) is 11.5 Å². The molecular weight excluding hydrogens is 362 g/mol. The van der Waals surface area contributed by atoms with Crippen LogP contribution in [0.4, 0.5) is 0 Å². The Kier molecular flexibility index (Phi) is 9.78. The van der Waals surface area contributed by atoms with Crippen LogP contribution in [0, 0.1) is 17.8 Å². The highest BCUT2D eigenvalue weighted by Crippen LogP contribution is 2.37. The highest BCUT2D eigenvalue weighted by Gasteiger charge is 2.33. The zero-order chi connectivity index (χ0) is 21.3. The molecule has 4 heteroatoms. The third-order valence-electron chi connectivity index (χ3n) is 6.22. The lowest BCUT2D eigenvalue weighted by molar-refractivity contribution is 0.172. The van der Waals surface area contributed by atoms with Crippen molar-refractivity contribution in [2.75, 3.05) is 20.3 Å². The van der Waals surface area contributed by atoms with E-state index in [2.05, 4.69) is 26.8 Å². The molecule has 0 spiro atoms. The third kappa shape index (κ3) is 8.96. The molecule has 0 aromatic heterocycles. The van der Waals surface area contributed by atoms with E-state index in [1.54, 1.807) is 7.11 Å². The van der Waals surface area contributed by atoms with Gasteiger partial charge < -0.3 is 20.3 Å². The van der Waals surface area contributed by atoms with Crippen LogP contribution in [-0.2, 0) is 6.42 Å². The van der Waals surface area contributed by atoms with Crippen LogP contribution in [0.2, 0.25) is 0 Å². The van der Waals surface area contributed by atoms with E-state index in [-0.39, 0.29) is 6.61 Å². The fourth-order valence-electron chi connectivity index (χ4n) is 3.94. The molecule has 0 aliphatic heterocycles. The number of hydrogen-bond donors (Lipinski definition) is 2. The minimum Gasteiger partial charge on any atom is -0.496 e. The van der Waals surface area contributed by atoms with Crippen LogP contribution in [0.5, 0.6) is 11.5 Å². The van der Waals surface area contributed by atoms with Gasteiger partial charge in [-0.25, -0.2) is 0 Å². The molecule has 2 rings (SSSR count). The Morgan fingerprint density at radius 2 is 1.93 bits per heavy atom. The van der Waals surface area contributed by atoms with Gasteiger partial charge in [0.15, 0.2) is 0 Å². The summed E-state index contributed by atoms with van der Waals surface area (Å²) in [6.45, 7) is 7.67. The number of aryl methyl sites for hydroxylation is 1. The van der Waals surface area contributed by atoms with Gasteiger partial charge in [-0.15, -0.1) is 0 Å². The van der Waals surface area contributed by atoms with Crippen LogP contribution in [0.15, 0.2) is 18.2 Å². The Balaban J connectivity index is 1.79. The standard InChI is InChI=1S/C25H43NO3/c1-19(2)6-5-7-20(3)13-15-29-23-11-10-22(24(16-23)28-4)12-14-25(26,18-27)17-21-8-9-21/h10-11,16,19-21,27H,5-9,12-15,17-18,26H2,1-4H3/t20?,25-/m0/s1. The second-order valence-corrected chi connectivity index (χ2v) is 9.71. The summed E-state index contributed by atoms with van der Waals surface area (Å²) in [5, 5.41) is 9.76. The summed E-state index contributed by atoms with van der Waals surface area (Å²) in [7, 11) is 1.70. The summed E-state index contributed by atoms with van der Waals surface area (Å²) in [5.74, 6) is 3.90. The number of aliphatic hydroxyl groups is 1. The van der Waals surface area contributed by atoms with Gasteiger partial charge in [0.2, 0.25) is 0 Å². The third-order valence-corrected chi connectivity index (χ3v) is 6.22. The van der Waals surface area contributed by atoms with Crippen LogP contribution in [-0.4, -0.2) is 31.0 Å². The van der Waals surface area contributed by atoms with Crippen molar-refractivity contribution in [3.05, 3.63) is 23.8 Å². The van der Waals surface area contributed by atoms with E-state index in [1.807, 2.05) is 12.1 Å². The number of ether oxygens (including phenoxy) is 2. The van der Waals surface area contributed by atoms with Gasteiger partial charge in [-0.05, 0) is 55.1 Å². The summed E-state index contributed by atoms with van der Waals surface area (Å²) in [5.41, 5.74) is 7.08. The van der Waals surface area contributed by atoms with Crippen LogP contribution >= 0.6 is 0 Å². The molecule has 4 nitrogen and oxygen atoms in total. The molecule has 166 valence electrons. The lowest BCUT2D eigenvalue weighted by Gasteiger charge is -2.27. The normalized spacial score (nSPS) is 17.2. The maximum absolute atomic E-state index is 9.76. The van der Waals surface area contributed by atoms with E-state index >= 15 is 0 Å². The van der Waals surface area contributed by atoms with Gasteiger partial charge in [0.25, 0.3) is 0 Å². The van der Waals surface area contributed by atoms with Crippen molar-refractivity contribution >= 4 is 0 Å². The molecule has 1 fully saturated rings. The average Bonchev–Trinajstić information content (AvgIpc) is 3.50. The van der Waals surface area contributed by atoms with Crippen molar-refractivity contribution in [2.24, 2.45) is 23.5 Å². The smallest absolute Gasteiger partial charge is 0.125 e. The first-order valence-corrected chi connectivity index (χ1v) is 11.5. The Morgan fingerprint density at radius 1 is 1.17 bits per heavy atom. The van der Waals surface area contributed by atoms with Crippen molar-refractivity contribution in [1.82, 2.24) is 0 Å². The average molecular weight is 406 g/mol. The summed E-state index contributed by atoms with van der Waals surface area (Å²) in [6, 6.07) is 6.09. The Labute approximate surface area is 178 Å². The molecule has 2 atom stereocenters. The fourth-order valence-corrected chi connectivity index (χ4v) is 3.94. The zero-order valence-corrected chi connectivity index (χ0v) is 19.1. The topological polar surface area (TPSA) is 64.7 Å². The van der Waals surface area contributed by atoms with Crippen molar-refractivity contribution in [3.63, 3.8) is 0 Å². The van der Waals surface area contributed by atoms with Gasteiger partial charge in [-0.3, -0.25) is 0 Å². The van der Waals surface area contributed by atoms with Crippen LogP contribution in [0.25, 0.3) is 0 Å². The molecule has 1 saturated carbocycles. The predicted molar refractivity (Wildman–Crippen MR) is 121 cm³/mol. The molecule has 0 heterocycles. The lowest BCUT2D eigenvalue weighted by atomic mass is 9.87. The molecule has 3 N–H and O–H groups in total. The highest BCUT2D eigenvalue weighted by atomic mass is 16.5. The highest BCUT2D eigenvalue weighted by molar-refractivity contribution is 5.41. The molecule has 1 aliphatic rings. The van der Waals surface area contributed by atoms with Crippen molar-refractivity contribution < 1.29 is 14.6 Å². The Morgan fingerprint density at radius 3 is 2.55 bits per heavy atom. The quantitative estimate of drug-likeness (QED) is 0.413. The number of nitrogens with two attached hydrogens (primary N) is 1. The Hall–Kier alpha value is -1.26. The molecule has 0 radical (unpaired) electrons. The van der Waals surface area contributed by atoms with E-state index in [9.17, 15) is 5.11 Å². The van der Waals surface area contributed by atoms with E-state index in [0.29, 0.717) is 11.8 Å². The minimum absolute atomic E-state index is 0.0440. The number of methoxy groups -OCH3 is 1. The van der Waals surface area contributed by atoms with E-state index in [0.717, 1.165) is 55.3 Å². The molecule has 0 bridgehead atoms. The predicted octanol–water partition coefficient (Wildman–Crippen LogP) is 5.35. The largest absolute Gasteiger partial charge is 0.496 e. The number of benzene rings is 1. The van der Waals surface area contributed by atoms with E-state index in [1.165, 1.54) is 32.1 Å². The van der Waals surface area contributed by atoms with E-state index in [4.69, 9.17) is 15.2 Å². The van der Waals surface area contributed by atoms with Crippen LogP contribution in [0.3, 0.4) is 0 Å². The van der Waals surface area contributed by atoms with E-state index < -0.39 is 5.54 Å². The van der Waals surface area contributed by atoms with Crippen molar-refractivity contribution in [1.29, 1.82) is 0 Å². The first kappa shape index (κ1) is 24.0. The van der Waals surface area contributed by atoms with Gasteiger partial charge in [0.05, 0.1) is 20.3 Å². The number of aliphatic hydroxyl groups excluding tert-OH is 1. The summed E-state index contributed by atoms with van der Waals surface area (Å²) < 4.78 is 11.6. The molecule has 0 amide bonds. The molecule has 0 saturated heterocycles. The monoisotopic (exact) mass is 405 g/mol. The summed E-state index contributed by atoms with van der Waals surface area (Å²) in [4.78, 5) is 0. The van der Waals surface area contributed by atoms with Crippen molar-refractivity contribution in [2.45, 2.75) is 84.1 Å². The second-order valence-electron chi connectivity index (χ2n) is 9.71. The molecule has 1 aliphatic carbocycles. The van der Waals surface area contributed by atoms with Crippen LogP contribution in [0.1, 0.15) is 77.7 Å². The molecule has 29 heavy (non-hydrogen) atoms. The SMILES string of the molecule is COc1cc(OCCC(C)CCCC(C)C)ccc1CC[C@@](N)(CO)CC1CC1. The van der Waals surface area contributed by atoms with Gasteiger partial charge in [0, 0.05) is 11.6 Å². The maximum Gasteiger partial charge on any atom is 0.125 e.